The van der Waals surface area contributed by atoms with Crippen LogP contribution in [0.1, 0.15) is 24.6 Å². The molecule has 7 heteroatoms. The number of halogens is 4. The van der Waals surface area contributed by atoms with Crippen molar-refractivity contribution in [2.45, 2.75) is 19.8 Å². The van der Waals surface area contributed by atoms with Gasteiger partial charge < -0.3 is 4.74 Å². The molecular weight excluding hydrogens is 411 g/mol. The van der Waals surface area contributed by atoms with Gasteiger partial charge in [-0.3, -0.25) is 4.79 Å². The Morgan fingerprint density at radius 2 is 2.29 bits per heavy atom. The van der Waals surface area contributed by atoms with Gasteiger partial charge in [-0.05, 0) is 51.5 Å². The molecule has 0 saturated carbocycles. The van der Waals surface area contributed by atoms with Gasteiger partial charge in [-0.2, -0.15) is 0 Å². The Kier molecular flexibility index (Phi) is 5.71. The molecule has 0 saturated heterocycles. The lowest BCUT2D eigenvalue weighted by Crippen LogP contribution is -2.10. The summed E-state index contributed by atoms with van der Waals surface area (Å²) in [6.07, 6.45) is -2.61. The first-order chi connectivity index (χ1) is 7.95. The number of aromatic nitrogens is 1. The number of ether oxygens (including phenoxy) is 1. The molecule has 17 heavy (non-hydrogen) atoms. The first-order valence-electron chi connectivity index (χ1n) is 4.74. The van der Waals surface area contributed by atoms with E-state index in [0.29, 0.717) is 9.13 Å². The third kappa shape index (κ3) is 4.13. The van der Waals surface area contributed by atoms with Gasteiger partial charge in [0.05, 0.1) is 13.0 Å². The van der Waals surface area contributed by atoms with Gasteiger partial charge in [-0.1, -0.05) is 0 Å². The number of pyridine rings is 1. The van der Waals surface area contributed by atoms with Crippen LogP contribution >= 0.6 is 38.5 Å². The highest BCUT2D eigenvalue weighted by Gasteiger charge is 2.17. The highest BCUT2D eigenvalue weighted by molar-refractivity contribution is 14.1. The summed E-state index contributed by atoms with van der Waals surface area (Å²) < 4.78 is 30.5. The smallest absolute Gasteiger partial charge is 0.310 e. The van der Waals surface area contributed by atoms with Crippen molar-refractivity contribution in [3.05, 3.63) is 25.5 Å². The predicted octanol–water partition coefficient (Wildman–Crippen LogP) is 3.49. The van der Waals surface area contributed by atoms with Gasteiger partial charge in [0.15, 0.2) is 0 Å². The molecule has 0 radical (unpaired) electrons. The monoisotopic (exact) mass is 419 g/mol. The largest absolute Gasteiger partial charge is 0.466 e. The quantitative estimate of drug-likeness (QED) is 0.426. The molecule has 0 aliphatic heterocycles. The third-order valence-corrected chi connectivity index (χ3v) is 3.51. The van der Waals surface area contributed by atoms with E-state index in [9.17, 15) is 13.6 Å². The molecule has 0 bridgehead atoms. The van der Waals surface area contributed by atoms with Crippen LogP contribution in [-0.2, 0) is 16.0 Å². The van der Waals surface area contributed by atoms with E-state index in [-0.39, 0.29) is 23.3 Å². The fourth-order valence-electron chi connectivity index (χ4n) is 1.15. The van der Waals surface area contributed by atoms with Crippen LogP contribution in [0.15, 0.2) is 10.7 Å². The topological polar surface area (TPSA) is 39.2 Å². The van der Waals surface area contributed by atoms with Gasteiger partial charge in [-0.15, -0.1) is 0 Å². The van der Waals surface area contributed by atoms with Crippen LogP contribution in [0, 0.1) is 3.57 Å². The highest BCUT2D eigenvalue weighted by Crippen LogP contribution is 2.26. The zero-order chi connectivity index (χ0) is 13.0. The molecule has 1 heterocycles. The van der Waals surface area contributed by atoms with Crippen LogP contribution in [0.25, 0.3) is 0 Å². The summed E-state index contributed by atoms with van der Waals surface area (Å²) in [5, 5.41) is 0. The number of carbonyl (C=O) groups excluding carboxylic acids is 1. The number of alkyl halides is 2. The van der Waals surface area contributed by atoms with Crippen molar-refractivity contribution in [1.82, 2.24) is 4.98 Å². The average Bonchev–Trinajstić information content (AvgIpc) is 2.23. The predicted molar refractivity (Wildman–Crippen MR) is 69.9 cm³/mol. The fraction of sp³-hybridized carbons (Fsp3) is 0.400. The first kappa shape index (κ1) is 14.7. The van der Waals surface area contributed by atoms with Crippen molar-refractivity contribution < 1.29 is 18.3 Å². The number of esters is 1. The molecule has 0 aromatic carbocycles. The second-order valence-corrected chi connectivity index (χ2v) is 4.99. The Balaban J connectivity index is 2.97. The highest BCUT2D eigenvalue weighted by atomic mass is 127. The summed E-state index contributed by atoms with van der Waals surface area (Å²) in [7, 11) is 0. The minimum atomic E-state index is -2.63. The van der Waals surface area contributed by atoms with Crippen LogP contribution in [0.3, 0.4) is 0 Å². The lowest BCUT2D eigenvalue weighted by molar-refractivity contribution is -0.142. The van der Waals surface area contributed by atoms with Crippen LogP contribution in [0.4, 0.5) is 8.78 Å². The van der Waals surface area contributed by atoms with Crippen LogP contribution in [0.2, 0.25) is 0 Å². The van der Waals surface area contributed by atoms with E-state index in [1.54, 1.807) is 6.92 Å². The van der Waals surface area contributed by atoms with Gasteiger partial charge >= 0.3 is 5.97 Å². The number of carbonyl (C=O) groups is 1. The van der Waals surface area contributed by atoms with Crippen molar-refractivity contribution >= 4 is 44.5 Å². The molecule has 0 fully saturated rings. The van der Waals surface area contributed by atoms with E-state index in [1.165, 1.54) is 6.07 Å². The number of rotatable bonds is 4. The molecule has 0 spiro atoms. The Hall–Kier alpha value is -0.310. The van der Waals surface area contributed by atoms with E-state index in [1.807, 2.05) is 22.6 Å². The summed E-state index contributed by atoms with van der Waals surface area (Å²) in [4.78, 5) is 15.0. The lowest BCUT2D eigenvalue weighted by Gasteiger charge is -2.08. The van der Waals surface area contributed by atoms with Gasteiger partial charge in [0.25, 0.3) is 6.43 Å². The van der Waals surface area contributed by atoms with E-state index in [4.69, 9.17) is 4.74 Å². The molecule has 0 N–H and O–H groups in total. The zero-order valence-electron chi connectivity index (χ0n) is 8.84. The van der Waals surface area contributed by atoms with Crippen molar-refractivity contribution in [3.63, 3.8) is 0 Å². The average molecular weight is 420 g/mol. The molecule has 0 atom stereocenters. The number of hydrogen-bond acceptors (Lipinski definition) is 3. The number of hydrogen-bond donors (Lipinski definition) is 0. The maximum absolute atomic E-state index is 12.5. The summed E-state index contributed by atoms with van der Waals surface area (Å²) in [6.45, 7) is 1.99. The van der Waals surface area contributed by atoms with Gasteiger partial charge in [0.2, 0.25) is 0 Å². The maximum Gasteiger partial charge on any atom is 0.310 e. The Morgan fingerprint density at radius 3 is 2.76 bits per heavy atom. The molecule has 94 valence electrons. The second kappa shape index (κ2) is 6.58. The summed E-state index contributed by atoms with van der Waals surface area (Å²) >= 11 is 4.98. The number of nitrogens with zero attached hydrogens (tertiary/aromatic N) is 1. The summed E-state index contributed by atoms with van der Waals surface area (Å²) in [6, 6.07) is 1.27. The van der Waals surface area contributed by atoms with Gasteiger partial charge in [0.1, 0.15) is 10.3 Å². The minimum Gasteiger partial charge on any atom is -0.466 e. The van der Waals surface area contributed by atoms with Crippen molar-refractivity contribution in [2.24, 2.45) is 0 Å². The molecule has 1 aromatic heterocycles. The summed E-state index contributed by atoms with van der Waals surface area (Å²) in [5.74, 6) is -0.405. The van der Waals surface area contributed by atoms with Crippen LogP contribution in [-0.4, -0.2) is 17.6 Å². The van der Waals surface area contributed by atoms with Gasteiger partial charge in [0, 0.05) is 9.13 Å². The summed E-state index contributed by atoms with van der Waals surface area (Å²) in [5.41, 5.74) is 0.252. The van der Waals surface area contributed by atoms with Crippen molar-refractivity contribution in [3.8, 4) is 0 Å². The molecule has 0 amide bonds. The SMILES string of the molecule is CCOC(=O)Cc1c(I)cc(C(F)F)nc1Br. The Morgan fingerprint density at radius 1 is 1.65 bits per heavy atom. The van der Waals surface area contributed by atoms with Gasteiger partial charge in [-0.25, -0.2) is 13.8 Å². The Bertz CT molecular complexity index is 406. The molecule has 3 nitrogen and oxygen atoms in total. The van der Waals surface area contributed by atoms with Crippen LogP contribution < -0.4 is 0 Å². The minimum absolute atomic E-state index is 0.0171. The van der Waals surface area contributed by atoms with Crippen molar-refractivity contribution in [1.29, 1.82) is 0 Å². The molecule has 0 aliphatic rings. The molecule has 1 rings (SSSR count). The molecule has 1 aromatic rings. The zero-order valence-corrected chi connectivity index (χ0v) is 12.6. The normalized spacial score (nSPS) is 10.7. The van der Waals surface area contributed by atoms with Crippen LogP contribution in [0.5, 0.6) is 0 Å². The molecular formula is C10H9BrF2INO2. The second-order valence-electron chi connectivity index (χ2n) is 3.08. The maximum atomic E-state index is 12.5. The first-order valence-corrected chi connectivity index (χ1v) is 6.61. The lowest BCUT2D eigenvalue weighted by atomic mass is 10.2. The van der Waals surface area contributed by atoms with Crippen molar-refractivity contribution in [2.75, 3.05) is 6.61 Å². The molecule has 0 unspecified atom stereocenters. The van der Waals surface area contributed by atoms with E-state index < -0.39 is 12.4 Å². The fourth-order valence-corrected chi connectivity index (χ4v) is 2.85. The van der Waals surface area contributed by atoms with E-state index >= 15 is 0 Å². The van der Waals surface area contributed by atoms with E-state index in [0.717, 1.165) is 0 Å². The Labute approximate surface area is 119 Å². The standard InChI is InChI=1S/C10H9BrF2INO2/c1-2-17-8(16)3-5-6(14)4-7(10(12)13)15-9(5)11/h4,10H,2-3H2,1H3. The third-order valence-electron chi connectivity index (χ3n) is 1.89. The van der Waals surface area contributed by atoms with E-state index in [2.05, 4.69) is 20.9 Å². The molecule has 0 aliphatic carbocycles.